The molecule has 0 aromatic heterocycles. The first-order valence-electron chi connectivity index (χ1n) is 6.57. The molecule has 1 amide bonds. The van der Waals surface area contributed by atoms with Gasteiger partial charge in [0.1, 0.15) is 6.54 Å². The maximum Gasteiger partial charge on any atom is 0.406 e. The molecule has 1 fully saturated rings. The van der Waals surface area contributed by atoms with Crippen molar-refractivity contribution in [3.05, 3.63) is 0 Å². The van der Waals surface area contributed by atoms with Gasteiger partial charge in [0, 0.05) is 12.5 Å². The summed E-state index contributed by atoms with van der Waals surface area (Å²) in [5, 5.41) is 9.23. The number of carboxylic acid groups (broad SMARTS) is 1. The van der Waals surface area contributed by atoms with Gasteiger partial charge < -0.3 is 10.0 Å². The normalized spacial score (nSPS) is 18.8. The van der Waals surface area contributed by atoms with Crippen molar-refractivity contribution in [2.24, 2.45) is 11.3 Å². The van der Waals surface area contributed by atoms with Crippen molar-refractivity contribution in [1.29, 1.82) is 0 Å². The zero-order valence-electron chi connectivity index (χ0n) is 11.8. The van der Waals surface area contributed by atoms with Crippen molar-refractivity contribution in [1.82, 2.24) is 4.90 Å². The van der Waals surface area contributed by atoms with Crippen LogP contribution in [0, 0.1) is 11.3 Å². The van der Waals surface area contributed by atoms with Gasteiger partial charge in [-0.15, -0.1) is 0 Å². The lowest BCUT2D eigenvalue weighted by atomic mass is 9.76. The molecule has 1 atom stereocenters. The number of halogens is 3. The van der Waals surface area contributed by atoms with Crippen LogP contribution in [0.3, 0.4) is 0 Å². The fraction of sp³-hybridized carbons (Fsp3) is 0.846. The first-order chi connectivity index (χ1) is 8.97. The van der Waals surface area contributed by atoms with E-state index in [4.69, 9.17) is 0 Å². The van der Waals surface area contributed by atoms with Crippen LogP contribution in [-0.2, 0) is 9.59 Å². The van der Waals surface area contributed by atoms with Crippen LogP contribution in [-0.4, -0.2) is 40.6 Å². The number of carbonyl (C=O) groups excluding carboxylic acids is 1. The molecule has 0 bridgehead atoms. The van der Waals surface area contributed by atoms with Crippen LogP contribution in [0.2, 0.25) is 0 Å². The molecule has 1 aliphatic carbocycles. The molecule has 0 aromatic rings. The second-order valence-corrected chi connectivity index (χ2v) is 5.92. The number of rotatable bonds is 6. The molecule has 0 aliphatic heterocycles. The fourth-order valence-electron chi connectivity index (χ4n) is 1.94. The smallest absolute Gasteiger partial charge is 0.406 e. The Kier molecular flexibility index (Phi) is 4.71. The SMILES string of the molecule is CC(C)C(C)(CC(=O)N(CC(F)(F)F)C1CC1)C(=O)O. The van der Waals surface area contributed by atoms with Crippen LogP contribution < -0.4 is 0 Å². The van der Waals surface area contributed by atoms with Crippen molar-refractivity contribution in [3.8, 4) is 0 Å². The minimum Gasteiger partial charge on any atom is -0.481 e. The van der Waals surface area contributed by atoms with Gasteiger partial charge in [-0.25, -0.2) is 0 Å². The van der Waals surface area contributed by atoms with Crippen molar-refractivity contribution < 1.29 is 27.9 Å². The van der Waals surface area contributed by atoms with E-state index in [1.165, 1.54) is 6.92 Å². The zero-order chi connectivity index (χ0) is 15.7. The maximum absolute atomic E-state index is 12.5. The molecule has 4 nitrogen and oxygen atoms in total. The highest BCUT2D eigenvalue weighted by Crippen LogP contribution is 2.36. The van der Waals surface area contributed by atoms with Gasteiger partial charge in [0.25, 0.3) is 0 Å². The monoisotopic (exact) mass is 295 g/mol. The van der Waals surface area contributed by atoms with Crippen molar-refractivity contribution in [3.63, 3.8) is 0 Å². The van der Waals surface area contributed by atoms with E-state index in [0.717, 1.165) is 4.90 Å². The third-order valence-electron chi connectivity index (χ3n) is 3.94. The van der Waals surface area contributed by atoms with Crippen LogP contribution in [0.25, 0.3) is 0 Å². The molecule has 20 heavy (non-hydrogen) atoms. The van der Waals surface area contributed by atoms with Gasteiger partial charge >= 0.3 is 12.1 Å². The average Bonchev–Trinajstić information content (AvgIpc) is 3.07. The van der Waals surface area contributed by atoms with E-state index >= 15 is 0 Å². The third kappa shape index (κ3) is 4.11. The number of aliphatic carboxylic acids is 1. The van der Waals surface area contributed by atoms with Gasteiger partial charge in [-0.3, -0.25) is 9.59 Å². The van der Waals surface area contributed by atoms with E-state index in [0.29, 0.717) is 12.8 Å². The van der Waals surface area contributed by atoms with Gasteiger partial charge in [-0.2, -0.15) is 13.2 Å². The second-order valence-electron chi connectivity index (χ2n) is 5.92. The molecule has 0 saturated heterocycles. The van der Waals surface area contributed by atoms with E-state index in [1.54, 1.807) is 13.8 Å². The van der Waals surface area contributed by atoms with Gasteiger partial charge in [0.05, 0.1) is 5.41 Å². The van der Waals surface area contributed by atoms with Crippen LogP contribution in [0.1, 0.15) is 40.0 Å². The van der Waals surface area contributed by atoms with Gasteiger partial charge in [-0.05, 0) is 25.7 Å². The molecule has 116 valence electrons. The zero-order valence-corrected chi connectivity index (χ0v) is 11.8. The fourth-order valence-corrected chi connectivity index (χ4v) is 1.94. The number of amides is 1. The molecule has 1 aliphatic rings. The molecule has 0 spiro atoms. The Morgan fingerprint density at radius 2 is 1.80 bits per heavy atom. The molecule has 1 rings (SSSR count). The Balaban J connectivity index is 2.83. The van der Waals surface area contributed by atoms with E-state index in [9.17, 15) is 27.9 Å². The lowest BCUT2D eigenvalue weighted by molar-refractivity contribution is -0.167. The Morgan fingerprint density at radius 3 is 2.10 bits per heavy atom. The first kappa shape index (κ1) is 16.8. The summed E-state index contributed by atoms with van der Waals surface area (Å²) < 4.78 is 37.5. The highest BCUT2D eigenvalue weighted by Gasteiger charge is 2.45. The summed E-state index contributed by atoms with van der Waals surface area (Å²) in [6.45, 7) is 3.39. The summed E-state index contributed by atoms with van der Waals surface area (Å²) in [6.07, 6.45) is -3.77. The quantitative estimate of drug-likeness (QED) is 0.819. The summed E-state index contributed by atoms with van der Waals surface area (Å²) in [4.78, 5) is 24.2. The highest BCUT2D eigenvalue weighted by molar-refractivity contribution is 5.85. The molecule has 1 saturated carbocycles. The Hall–Kier alpha value is -1.27. The van der Waals surface area contributed by atoms with Crippen LogP contribution in [0.5, 0.6) is 0 Å². The molecule has 1 N–H and O–H groups in total. The average molecular weight is 295 g/mol. The molecule has 7 heteroatoms. The van der Waals surface area contributed by atoms with Crippen molar-refractivity contribution in [2.45, 2.75) is 52.3 Å². The summed E-state index contributed by atoms with van der Waals surface area (Å²) in [6, 6.07) is -0.394. The number of alkyl halides is 3. The highest BCUT2D eigenvalue weighted by atomic mass is 19.4. The summed E-state index contributed by atoms with van der Waals surface area (Å²) >= 11 is 0. The molecule has 0 radical (unpaired) electrons. The van der Waals surface area contributed by atoms with E-state index < -0.39 is 42.5 Å². The molecule has 0 heterocycles. The van der Waals surface area contributed by atoms with Crippen LogP contribution in [0.15, 0.2) is 0 Å². The standard InChI is InChI=1S/C13H20F3NO3/c1-8(2)12(3,11(19)20)6-10(18)17(9-4-5-9)7-13(14,15)16/h8-9H,4-7H2,1-3H3,(H,19,20). The van der Waals surface area contributed by atoms with Gasteiger partial charge in [0.15, 0.2) is 0 Å². The second kappa shape index (κ2) is 5.61. The maximum atomic E-state index is 12.5. The predicted molar refractivity (Wildman–Crippen MR) is 66.0 cm³/mol. The largest absolute Gasteiger partial charge is 0.481 e. The number of carbonyl (C=O) groups is 2. The molecular weight excluding hydrogens is 275 g/mol. The van der Waals surface area contributed by atoms with E-state index in [-0.39, 0.29) is 5.92 Å². The summed E-state index contributed by atoms with van der Waals surface area (Å²) in [5.74, 6) is -2.25. The Labute approximate surface area is 115 Å². The lowest BCUT2D eigenvalue weighted by Gasteiger charge is -2.32. The van der Waals surface area contributed by atoms with Gasteiger partial charge in [0.2, 0.25) is 5.91 Å². The summed E-state index contributed by atoms with van der Waals surface area (Å²) in [7, 11) is 0. The van der Waals surface area contributed by atoms with Crippen LogP contribution in [0.4, 0.5) is 13.2 Å². The lowest BCUT2D eigenvalue weighted by Crippen LogP contribution is -2.45. The van der Waals surface area contributed by atoms with E-state index in [2.05, 4.69) is 0 Å². The molecule has 1 unspecified atom stereocenters. The third-order valence-corrected chi connectivity index (χ3v) is 3.94. The predicted octanol–water partition coefficient (Wildman–Crippen LogP) is 2.68. The summed E-state index contributed by atoms with van der Waals surface area (Å²) in [5.41, 5.74) is -1.35. The molecule has 0 aromatic carbocycles. The molecular formula is C13H20F3NO3. The number of nitrogens with zero attached hydrogens (tertiary/aromatic N) is 1. The number of hydrogen-bond donors (Lipinski definition) is 1. The minimum absolute atomic E-state index is 0.351. The minimum atomic E-state index is -4.46. The Bertz CT molecular complexity index is 391. The number of hydrogen-bond acceptors (Lipinski definition) is 2. The van der Waals surface area contributed by atoms with Crippen molar-refractivity contribution >= 4 is 11.9 Å². The number of carboxylic acids is 1. The van der Waals surface area contributed by atoms with Gasteiger partial charge in [-0.1, -0.05) is 13.8 Å². The van der Waals surface area contributed by atoms with Crippen molar-refractivity contribution in [2.75, 3.05) is 6.54 Å². The Morgan fingerprint density at radius 1 is 1.30 bits per heavy atom. The van der Waals surface area contributed by atoms with Crippen LogP contribution >= 0.6 is 0 Å². The first-order valence-corrected chi connectivity index (χ1v) is 6.57. The van der Waals surface area contributed by atoms with E-state index in [1.807, 2.05) is 0 Å². The topological polar surface area (TPSA) is 57.6 Å².